The summed E-state index contributed by atoms with van der Waals surface area (Å²) in [5, 5.41) is 0. The zero-order valence-corrected chi connectivity index (χ0v) is 13.9. The molecule has 0 aliphatic heterocycles. The largest absolute Gasteiger partial charge is 0.463 e. The zero-order valence-electron chi connectivity index (χ0n) is 13.9. The Morgan fingerprint density at radius 3 is 2.32 bits per heavy atom. The van der Waals surface area contributed by atoms with E-state index in [1.54, 1.807) is 13.8 Å². The number of benzene rings is 1. The molecule has 1 fully saturated rings. The van der Waals surface area contributed by atoms with Crippen molar-refractivity contribution in [2.75, 3.05) is 18.1 Å². The molecule has 0 unspecified atom stereocenters. The van der Waals surface area contributed by atoms with Gasteiger partial charge in [-0.3, -0.25) is 0 Å². The van der Waals surface area contributed by atoms with Crippen molar-refractivity contribution in [2.45, 2.75) is 32.7 Å². The number of hydrogen-bond acceptors (Lipinski definition) is 5. The molecule has 0 heterocycles. The van der Waals surface area contributed by atoms with Crippen molar-refractivity contribution in [2.24, 2.45) is 0 Å². The molecule has 0 saturated heterocycles. The van der Waals surface area contributed by atoms with E-state index in [9.17, 15) is 22.8 Å². The molecule has 0 radical (unpaired) electrons. The summed E-state index contributed by atoms with van der Waals surface area (Å²) in [5.41, 5.74) is -0.627. The topological polar surface area (TPSA) is 55.8 Å². The van der Waals surface area contributed by atoms with E-state index < -0.39 is 29.4 Å². The first-order valence-electron chi connectivity index (χ1n) is 7.88. The number of ether oxygens (including phenoxy) is 2. The smallest absolute Gasteiger partial charge is 0.355 e. The summed E-state index contributed by atoms with van der Waals surface area (Å²) in [6.07, 6.45) is 2.07. The van der Waals surface area contributed by atoms with Crippen LogP contribution in [0.1, 0.15) is 26.7 Å². The fourth-order valence-electron chi connectivity index (χ4n) is 2.29. The lowest BCUT2D eigenvalue weighted by molar-refractivity contribution is -0.141. The van der Waals surface area contributed by atoms with Gasteiger partial charge in [0.25, 0.3) is 0 Å². The quantitative estimate of drug-likeness (QED) is 0.426. The van der Waals surface area contributed by atoms with Crippen LogP contribution in [0.4, 0.5) is 18.9 Å². The predicted molar refractivity (Wildman–Crippen MR) is 83.2 cm³/mol. The van der Waals surface area contributed by atoms with E-state index in [0.717, 1.165) is 23.1 Å². The van der Waals surface area contributed by atoms with Gasteiger partial charge >= 0.3 is 11.9 Å². The second-order valence-electron chi connectivity index (χ2n) is 5.30. The Morgan fingerprint density at radius 2 is 1.76 bits per heavy atom. The minimum Gasteiger partial charge on any atom is -0.463 e. The number of carbonyl (C=O) groups is 2. The summed E-state index contributed by atoms with van der Waals surface area (Å²) >= 11 is 0. The molecule has 0 amide bonds. The average Bonchev–Trinajstić information content (AvgIpc) is 3.39. The SMILES string of the molecule is CCOC(=O)C=C(C(=O)OCC)N(c1ccc(F)c(F)c1F)C1CC1. The van der Waals surface area contributed by atoms with Gasteiger partial charge in [0.1, 0.15) is 5.70 Å². The van der Waals surface area contributed by atoms with Crippen molar-refractivity contribution >= 4 is 17.6 Å². The van der Waals surface area contributed by atoms with Crippen molar-refractivity contribution in [3.8, 4) is 0 Å². The summed E-state index contributed by atoms with van der Waals surface area (Å²) in [4.78, 5) is 25.2. The maximum Gasteiger partial charge on any atom is 0.355 e. The molecule has 5 nitrogen and oxygen atoms in total. The van der Waals surface area contributed by atoms with Crippen molar-refractivity contribution < 1.29 is 32.2 Å². The Hall–Kier alpha value is -2.51. The third kappa shape index (κ3) is 4.32. The number of esters is 2. The Labute approximate surface area is 143 Å². The van der Waals surface area contributed by atoms with Gasteiger partial charge in [0.05, 0.1) is 25.0 Å². The Bertz CT molecular complexity index is 701. The first-order valence-corrected chi connectivity index (χ1v) is 7.88. The van der Waals surface area contributed by atoms with Crippen LogP contribution in [0.2, 0.25) is 0 Å². The number of carbonyl (C=O) groups excluding carboxylic acids is 2. The molecule has 8 heteroatoms. The second-order valence-corrected chi connectivity index (χ2v) is 5.30. The molecule has 1 aromatic carbocycles. The van der Waals surface area contributed by atoms with Crippen LogP contribution in [0.3, 0.4) is 0 Å². The molecule has 1 saturated carbocycles. The van der Waals surface area contributed by atoms with Gasteiger partial charge in [0.2, 0.25) is 0 Å². The van der Waals surface area contributed by atoms with Crippen LogP contribution in [-0.2, 0) is 19.1 Å². The van der Waals surface area contributed by atoms with Crippen LogP contribution in [0.5, 0.6) is 0 Å². The van der Waals surface area contributed by atoms with Crippen molar-refractivity contribution in [1.82, 2.24) is 0 Å². The van der Waals surface area contributed by atoms with E-state index in [2.05, 4.69) is 0 Å². The van der Waals surface area contributed by atoms with Crippen molar-refractivity contribution in [1.29, 1.82) is 0 Å². The first-order chi connectivity index (χ1) is 11.9. The number of rotatable bonds is 7. The lowest BCUT2D eigenvalue weighted by atomic mass is 10.2. The summed E-state index contributed by atoms with van der Waals surface area (Å²) < 4.78 is 50.8. The van der Waals surface area contributed by atoms with Crippen LogP contribution in [0.15, 0.2) is 23.9 Å². The number of hydrogen-bond donors (Lipinski definition) is 0. The molecule has 0 N–H and O–H groups in total. The minimum absolute atomic E-state index is 0.0256. The third-order valence-electron chi connectivity index (χ3n) is 3.47. The van der Waals surface area contributed by atoms with Gasteiger partial charge in [-0.15, -0.1) is 0 Å². The van der Waals surface area contributed by atoms with Crippen LogP contribution in [0.25, 0.3) is 0 Å². The molecule has 0 spiro atoms. The summed E-state index contributed by atoms with van der Waals surface area (Å²) in [6, 6.07) is 1.45. The summed E-state index contributed by atoms with van der Waals surface area (Å²) in [5.74, 6) is -6.14. The van der Waals surface area contributed by atoms with E-state index in [1.165, 1.54) is 0 Å². The van der Waals surface area contributed by atoms with Gasteiger partial charge in [0.15, 0.2) is 17.5 Å². The van der Waals surface area contributed by atoms with Gasteiger partial charge in [-0.25, -0.2) is 22.8 Å². The first kappa shape index (κ1) is 18.8. The lowest BCUT2D eigenvalue weighted by Gasteiger charge is -2.26. The molecule has 1 aliphatic carbocycles. The molecule has 0 aromatic heterocycles. The molecule has 2 rings (SSSR count). The maximum absolute atomic E-state index is 14.2. The highest BCUT2D eigenvalue weighted by atomic mass is 19.2. The minimum atomic E-state index is -1.65. The molecular formula is C17H18F3NO4. The molecule has 0 atom stereocenters. The zero-order chi connectivity index (χ0) is 18.6. The lowest BCUT2D eigenvalue weighted by Crippen LogP contribution is -2.32. The molecule has 1 aliphatic rings. The van der Waals surface area contributed by atoms with E-state index in [4.69, 9.17) is 9.47 Å². The number of nitrogens with zero attached hydrogens (tertiary/aromatic N) is 1. The van der Waals surface area contributed by atoms with Crippen molar-refractivity contribution in [3.05, 3.63) is 41.4 Å². The molecule has 25 heavy (non-hydrogen) atoms. The highest BCUT2D eigenvalue weighted by molar-refractivity contribution is 5.99. The number of halogens is 3. The predicted octanol–water partition coefficient (Wildman–Crippen LogP) is 3.08. The monoisotopic (exact) mass is 357 g/mol. The van der Waals surface area contributed by atoms with Crippen LogP contribution < -0.4 is 4.90 Å². The van der Waals surface area contributed by atoms with Gasteiger partial charge in [-0.2, -0.15) is 0 Å². The van der Waals surface area contributed by atoms with E-state index in [1.807, 2.05) is 0 Å². The van der Waals surface area contributed by atoms with Gasteiger partial charge < -0.3 is 14.4 Å². The van der Waals surface area contributed by atoms with E-state index in [-0.39, 0.29) is 30.6 Å². The average molecular weight is 357 g/mol. The Balaban J connectivity index is 2.52. The number of anilines is 1. The van der Waals surface area contributed by atoms with Crippen LogP contribution >= 0.6 is 0 Å². The highest BCUT2D eigenvalue weighted by Gasteiger charge is 2.37. The van der Waals surface area contributed by atoms with Gasteiger partial charge in [-0.1, -0.05) is 0 Å². The molecular weight excluding hydrogens is 339 g/mol. The maximum atomic E-state index is 14.2. The fraction of sp³-hybridized carbons (Fsp3) is 0.412. The normalized spacial score (nSPS) is 14.2. The summed E-state index contributed by atoms with van der Waals surface area (Å²) in [7, 11) is 0. The van der Waals surface area contributed by atoms with E-state index in [0.29, 0.717) is 12.8 Å². The molecule has 1 aromatic rings. The van der Waals surface area contributed by atoms with E-state index >= 15 is 0 Å². The molecule has 0 bridgehead atoms. The van der Waals surface area contributed by atoms with Gasteiger partial charge in [0, 0.05) is 6.04 Å². The fourth-order valence-corrected chi connectivity index (χ4v) is 2.29. The van der Waals surface area contributed by atoms with Crippen LogP contribution in [-0.4, -0.2) is 31.2 Å². The third-order valence-corrected chi connectivity index (χ3v) is 3.47. The highest BCUT2D eigenvalue weighted by Crippen LogP contribution is 2.37. The Kier molecular flexibility index (Phi) is 6.06. The van der Waals surface area contributed by atoms with Crippen molar-refractivity contribution in [3.63, 3.8) is 0 Å². The Morgan fingerprint density at radius 1 is 1.12 bits per heavy atom. The van der Waals surface area contributed by atoms with Gasteiger partial charge in [-0.05, 0) is 38.8 Å². The van der Waals surface area contributed by atoms with Crippen LogP contribution in [0, 0.1) is 17.5 Å². The second kappa shape index (κ2) is 8.04. The standard InChI is InChI=1S/C17H18F3NO4/c1-3-24-14(22)9-13(17(23)25-4-2)21(10-5-6-10)12-8-7-11(18)15(19)16(12)20/h7-10H,3-6H2,1-2H3. The summed E-state index contributed by atoms with van der Waals surface area (Å²) in [6.45, 7) is 3.26. The molecule has 136 valence electrons.